The second-order valence-corrected chi connectivity index (χ2v) is 5.27. The molecule has 2 atom stereocenters. The minimum absolute atomic E-state index is 0.100. The van der Waals surface area contributed by atoms with Gasteiger partial charge in [0.2, 0.25) is 0 Å². The zero-order valence-electron chi connectivity index (χ0n) is 12.3. The Morgan fingerprint density at radius 3 is 2.95 bits per heavy atom. The molecule has 2 rings (SSSR count). The molecule has 0 bridgehead atoms. The van der Waals surface area contributed by atoms with Gasteiger partial charge in [-0.1, -0.05) is 13.0 Å². The van der Waals surface area contributed by atoms with Crippen LogP contribution < -0.4 is 10.1 Å². The molecule has 0 aliphatic carbocycles. The van der Waals surface area contributed by atoms with Gasteiger partial charge in [0.05, 0.1) is 6.10 Å². The van der Waals surface area contributed by atoms with Crippen LogP contribution in [0.25, 0.3) is 0 Å². The van der Waals surface area contributed by atoms with E-state index in [1.54, 1.807) is 12.1 Å². The molecule has 1 N–H and O–H groups in total. The third-order valence-electron chi connectivity index (χ3n) is 3.66. The SMILES string of the molecule is CCNC(C)c1ccc(OCC2CCCCO2)c(F)c1. The molecule has 20 heavy (non-hydrogen) atoms. The summed E-state index contributed by atoms with van der Waals surface area (Å²) in [7, 11) is 0. The minimum Gasteiger partial charge on any atom is -0.488 e. The number of benzene rings is 1. The molecule has 4 heteroatoms. The highest BCUT2D eigenvalue weighted by Gasteiger charge is 2.16. The fourth-order valence-corrected chi connectivity index (χ4v) is 2.45. The standard InChI is InChI=1S/C16H24FNO2/c1-3-18-12(2)13-7-8-16(15(17)10-13)20-11-14-6-4-5-9-19-14/h7-8,10,12,14,18H,3-6,9,11H2,1-2H3. The largest absolute Gasteiger partial charge is 0.488 e. The van der Waals surface area contributed by atoms with Gasteiger partial charge < -0.3 is 14.8 Å². The molecule has 0 saturated carbocycles. The molecule has 0 spiro atoms. The van der Waals surface area contributed by atoms with Crippen molar-refractivity contribution in [1.82, 2.24) is 5.32 Å². The first kappa shape index (κ1) is 15.3. The summed E-state index contributed by atoms with van der Waals surface area (Å²) >= 11 is 0. The lowest BCUT2D eigenvalue weighted by atomic mass is 10.1. The zero-order valence-corrected chi connectivity index (χ0v) is 12.3. The number of halogens is 1. The molecule has 1 aromatic carbocycles. The average Bonchev–Trinajstić information content (AvgIpc) is 2.47. The topological polar surface area (TPSA) is 30.5 Å². The van der Waals surface area contributed by atoms with Crippen molar-refractivity contribution in [3.8, 4) is 5.75 Å². The third-order valence-corrected chi connectivity index (χ3v) is 3.66. The van der Waals surface area contributed by atoms with Crippen LogP contribution in [0.4, 0.5) is 4.39 Å². The molecule has 112 valence electrons. The third kappa shape index (κ3) is 4.18. The Morgan fingerprint density at radius 1 is 1.45 bits per heavy atom. The Balaban J connectivity index is 1.91. The maximum atomic E-state index is 14.0. The number of ether oxygens (including phenoxy) is 2. The van der Waals surface area contributed by atoms with Crippen molar-refractivity contribution in [2.24, 2.45) is 0 Å². The summed E-state index contributed by atoms with van der Waals surface area (Å²) in [6, 6.07) is 5.31. The summed E-state index contributed by atoms with van der Waals surface area (Å²) in [6.07, 6.45) is 3.37. The quantitative estimate of drug-likeness (QED) is 0.866. The molecule has 1 heterocycles. The van der Waals surface area contributed by atoms with Crippen LogP contribution in [0.2, 0.25) is 0 Å². The van der Waals surface area contributed by atoms with Crippen LogP contribution in [0, 0.1) is 5.82 Å². The molecular formula is C16H24FNO2. The van der Waals surface area contributed by atoms with Gasteiger partial charge in [0.25, 0.3) is 0 Å². The van der Waals surface area contributed by atoms with Crippen molar-refractivity contribution in [2.45, 2.75) is 45.3 Å². The molecule has 1 aromatic rings. The van der Waals surface area contributed by atoms with E-state index in [-0.39, 0.29) is 18.0 Å². The van der Waals surface area contributed by atoms with E-state index in [9.17, 15) is 4.39 Å². The first-order chi connectivity index (χ1) is 9.70. The van der Waals surface area contributed by atoms with Crippen LogP contribution in [0.1, 0.15) is 44.7 Å². The van der Waals surface area contributed by atoms with Crippen molar-refractivity contribution in [3.63, 3.8) is 0 Å². The number of hydrogen-bond acceptors (Lipinski definition) is 3. The molecule has 1 saturated heterocycles. The highest BCUT2D eigenvalue weighted by molar-refractivity contribution is 5.30. The second kappa shape index (κ2) is 7.60. The summed E-state index contributed by atoms with van der Waals surface area (Å²) in [5.41, 5.74) is 0.936. The van der Waals surface area contributed by atoms with E-state index in [1.165, 1.54) is 0 Å². The van der Waals surface area contributed by atoms with Crippen LogP contribution in [0.15, 0.2) is 18.2 Å². The number of rotatable bonds is 6. The maximum absolute atomic E-state index is 14.0. The molecular weight excluding hydrogens is 257 g/mol. The summed E-state index contributed by atoms with van der Waals surface area (Å²) in [6.45, 7) is 6.14. The van der Waals surface area contributed by atoms with Gasteiger partial charge in [0.1, 0.15) is 6.61 Å². The van der Waals surface area contributed by atoms with Crippen molar-refractivity contribution >= 4 is 0 Å². The van der Waals surface area contributed by atoms with Gasteiger partial charge in [-0.15, -0.1) is 0 Å². The Hall–Kier alpha value is -1.13. The van der Waals surface area contributed by atoms with Gasteiger partial charge in [0.15, 0.2) is 11.6 Å². The number of nitrogens with one attached hydrogen (secondary N) is 1. The fraction of sp³-hybridized carbons (Fsp3) is 0.625. The molecule has 3 nitrogen and oxygen atoms in total. The molecule has 0 aromatic heterocycles. The van der Waals surface area contributed by atoms with Gasteiger partial charge in [-0.25, -0.2) is 4.39 Å². The smallest absolute Gasteiger partial charge is 0.165 e. The highest BCUT2D eigenvalue weighted by atomic mass is 19.1. The van der Waals surface area contributed by atoms with E-state index < -0.39 is 0 Å². The lowest BCUT2D eigenvalue weighted by Gasteiger charge is -2.23. The Morgan fingerprint density at radius 2 is 2.30 bits per heavy atom. The van der Waals surface area contributed by atoms with Crippen LogP contribution in [0.3, 0.4) is 0 Å². The van der Waals surface area contributed by atoms with Crippen LogP contribution in [0.5, 0.6) is 5.75 Å². The van der Waals surface area contributed by atoms with Crippen LogP contribution >= 0.6 is 0 Å². The van der Waals surface area contributed by atoms with Crippen molar-refractivity contribution < 1.29 is 13.9 Å². The van der Waals surface area contributed by atoms with Gasteiger partial charge >= 0.3 is 0 Å². The van der Waals surface area contributed by atoms with E-state index in [0.29, 0.717) is 12.4 Å². The lowest BCUT2D eigenvalue weighted by molar-refractivity contribution is -0.0117. The van der Waals surface area contributed by atoms with Gasteiger partial charge in [-0.2, -0.15) is 0 Å². The predicted molar refractivity (Wildman–Crippen MR) is 77.6 cm³/mol. The van der Waals surface area contributed by atoms with E-state index in [4.69, 9.17) is 9.47 Å². The van der Waals surface area contributed by atoms with Gasteiger partial charge in [0, 0.05) is 12.6 Å². The summed E-state index contributed by atoms with van der Waals surface area (Å²) in [5.74, 6) is 0.00897. The minimum atomic E-state index is -0.303. The van der Waals surface area contributed by atoms with Crippen molar-refractivity contribution in [3.05, 3.63) is 29.6 Å². The first-order valence-electron chi connectivity index (χ1n) is 7.48. The van der Waals surface area contributed by atoms with Crippen LogP contribution in [-0.2, 0) is 4.74 Å². The van der Waals surface area contributed by atoms with E-state index in [0.717, 1.165) is 38.0 Å². The van der Waals surface area contributed by atoms with E-state index >= 15 is 0 Å². The average molecular weight is 281 g/mol. The van der Waals surface area contributed by atoms with E-state index in [1.807, 2.05) is 19.9 Å². The molecule has 0 amide bonds. The first-order valence-corrected chi connectivity index (χ1v) is 7.48. The van der Waals surface area contributed by atoms with E-state index in [2.05, 4.69) is 5.32 Å². The monoisotopic (exact) mass is 281 g/mol. The second-order valence-electron chi connectivity index (χ2n) is 5.27. The Kier molecular flexibility index (Phi) is 5.80. The maximum Gasteiger partial charge on any atom is 0.165 e. The summed E-state index contributed by atoms with van der Waals surface area (Å²) in [4.78, 5) is 0. The summed E-state index contributed by atoms with van der Waals surface area (Å²) in [5, 5.41) is 3.26. The van der Waals surface area contributed by atoms with Crippen molar-refractivity contribution in [2.75, 3.05) is 19.8 Å². The molecule has 1 aliphatic heterocycles. The summed E-state index contributed by atoms with van der Waals surface area (Å²) < 4.78 is 25.1. The normalized spacial score (nSPS) is 20.6. The Labute approximate surface area is 120 Å². The van der Waals surface area contributed by atoms with Crippen LogP contribution in [-0.4, -0.2) is 25.9 Å². The molecule has 0 radical (unpaired) electrons. The van der Waals surface area contributed by atoms with Gasteiger partial charge in [-0.05, 0) is 50.4 Å². The lowest BCUT2D eigenvalue weighted by Crippen LogP contribution is -2.26. The number of hydrogen-bond donors (Lipinski definition) is 1. The van der Waals surface area contributed by atoms with Gasteiger partial charge in [-0.3, -0.25) is 0 Å². The predicted octanol–water partition coefficient (Wildman–Crippen LogP) is 3.44. The van der Waals surface area contributed by atoms with Crippen molar-refractivity contribution in [1.29, 1.82) is 0 Å². The highest BCUT2D eigenvalue weighted by Crippen LogP contribution is 2.23. The Bertz CT molecular complexity index is 419. The molecule has 2 unspecified atom stereocenters. The zero-order chi connectivity index (χ0) is 14.4. The molecule has 1 aliphatic rings. The molecule has 1 fully saturated rings. The fourth-order valence-electron chi connectivity index (χ4n) is 2.45.